The lowest BCUT2D eigenvalue weighted by molar-refractivity contribution is -0.117. The van der Waals surface area contributed by atoms with Gasteiger partial charge in [-0.25, -0.2) is 0 Å². The van der Waals surface area contributed by atoms with E-state index in [9.17, 15) is 4.79 Å². The lowest BCUT2D eigenvalue weighted by Gasteiger charge is -2.10. The van der Waals surface area contributed by atoms with E-state index in [1.54, 1.807) is 24.3 Å². The number of hydrogen-bond acceptors (Lipinski definition) is 1. The molecule has 1 rings (SSSR count). The molecule has 0 radical (unpaired) electrons. The van der Waals surface area contributed by atoms with Gasteiger partial charge in [0.15, 0.2) is 0 Å². The number of carbonyl (C=O) groups excluding carboxylic acids is 1. The molecule has 1 amide bonds. The quantitative estimate of drug-likeness (QED) is 0.795. The number of carbonyl (C=O) groups is 1. The van der Waals surface area contributed by atoms with Crippen molar-refractivity contribution < 1.29 is 4.79 Å². The predicted molar refractivity (Wildman–Crippen MR) is 73.0 cm³/mol. The first kappa shape index (κ1) is 13.8. The van der Waals surface area contributed by atoms with Crippen LogP contribution in [0.1, 0.15) is 32.3 Å². The van der Waals surface area contributed by atoms with Crippen molar-refractivity contribution >= 4 is 23.6 Å². The van der Waals surface area contributed by atoms with E-state index in [1.165, 1.54) is 0 Å². The van der Waals surface area contributed by atoms with Crippen LogP contribution in [0.25, 0.3) is 6.08 Å². The molecule has 1 atom stereocenters. The molecule has 0 unspecified atom stereocenters. The monoisotopic (exact) mass is 251 g/mol. The molecule has 1 aromatic carbocycles. The van der Waals surface area contributed by atoms with E-state index in [0.717, 1.165) is 18.4 Å². The van der Waals surface area contributed by atoms with Crippen molar-refractivity contribution in [2.45, 2.75) is 32.7 Å². The summed E-state index contributed by atoms with van der Waals surface area (Å²) in [4.78, 5) is 11.5. The van der Waals surface area contributed by atoms with Gasteiger partial charge in [-0.05, 0) is 37.1 Å². The molecule has 0 aliphatic carbocycles. The van der Waals surface area contributed by atoms with Crippen molar-refractivity contribution in [3.63, 3.8) is 0 Å². The number of hydrogen-bond donors (Lipinski definition) is 1. The minimum Gasteiger partial charge on any atom is -0.350 e. The van der Waals surface area contributed by atoms with Gasteiger partial charge < -0.3 is 5.32 Å². The van der Waals surface area contributed by atoms with Gasteiger partial charge >= 0.3 is 0 Å². The van der Waals surface area contributed by atoms with Gasteiger partial charge in [0.1, 0.15) is 0 Å². The fourth-order valence-electron chi connectivity index (χ4n) is 1.54. The Morgan fingerprint density at radius 2 is 2.06 bits per heavy atom. The van der Waals surface area contributed by atoms with E-state index in [4.69, 9.17) is 11.6 Å². The van der Waals surface area contributed by atoms with Crippen LogP contribution in [0, 0.1) is 0 Å². The first-order valence-corrected chi connectivity index (χ1v) is 6.23. The Bertz CT molecular complexity index is 384. The normalized spacial score (nSPS) is 12.6. The molecular formula is C14H18ClNO. The molecule has 0 aliphatic heterocycles. The van der Waals surface area contributed by atoms with Gasteiger partial charge in [-0.15, -0.1) is 0 Å². The van der Waals surface area contributed by atoms with Gasteiger partial charge in [-0.3, -0.25) is 4.79 Å². The minimum absolute atomic E-state index is 0.0547. The van der Waals surface area contributed by atoms with Gasteiger partial charge in [-0.2, -0.15) is 0 Å². The van der Waals surface area contributed by atoms with Crippen molar-refractivity contribution in [2.24, 2.45) is 0 Å². The molecule has 92 valence electrons. The second-order valence-electron chi connectivity index (χ2n) is 4.08. The fourth-order valence-corrected chi connectivity index (χ4v) is 1.67. The van der Waals surface area contributed by atoms with E-state index < -0.39 is 0 Å². The average Bonchev–Trinajstić information content (AvgIpc) is 2.28. The van der Waals surface area contributed by atoms with E-state index in [1.807, 2.05) is 19.1 Å². The standard InChI is InChI=1S/C14H18ClNO/c1-3-4-11(2)16-14(17)10-7-12-5-8-13(15)9-6-12/h5-11H,3-4H2,1-2H3,(H,16,17)/b10-7+/t11-/m0/s1. The molecule has 0 heterocycles. The molecule has 0 saturated carbocycles. The topological polar surface area (TPSA) is 29.1 Å². The van der Waals surface area contributed by atoms with Crippen LogP contribution >= 0.6 is 11.6 Å². The zero-order valence-corrected chi connectivity index (χ0v) is 11.0. The van der Waals surface area contributed by atoms with Crippen LogP contribution in [0.3, 0.4) is 0 Å². The van der Waals surface area contributed by atoms with Gasteiger partial charge in [0.2, 0.25) is 5.91 Å². The van der Waals surface area contributed by atoms with E-state index in [0.29, 0.717) is 5.02 Å². The number of amides is 1. The molecule has 0 spiro atoms. The fraction of sp³-hybridized carbons (Fsp3) is 0.357. The largest absolute Gasteiger partial charge is 0.350 e. The summed E-state index contributed by atoms with van der Waals surface area (Å²) >= 11 is 5.77. The van der Waals surface area contributed by atoms with Crippen molar-refractivity contribution in [2.75, 3.05) is 0 Å². The highest BCUT2D eigenvalue weighted by atomic mass is 35.5. The third kappa shape index (κ3) is 5.55. The highest BCUT2D eigenvalue weighted by Crippen LogP contribution is 2.10. The molecule has 0 bridgehead atoms. The molecule has 0 aliphatic rings. The minimum atomic E-state index is -0.0547. The summed E-state index contributed by atoms with van der Waals surface area (Å²) in [6.45, 7) is 4.11. The summed E-state index contributed by atoms with van der Waals surface area (Å²) in [6.07, 6.45) is 5.41. The smallest absolute Gasteiger partial charge is 0.244 e. The molecule has 0 saturated heterocycles. The maximum atomic E-state index is 11.5. The summed E-state index contributed by atoms with van der Waals surface area (Å²) in [6, 6.07) is 7.59. The Kier molecular flexibility index (Phi) is 5.78. The number of halogens is 1. The third-order valence-corrected chi connectivity index (χ3v) is 2.66. The average molecular weight is 252 g/mol. The Morgan fingerprint density at radius 1 is 1.41 bits per heavy atom. The second kappa shape index (κ2) is 7.13. The summed E-state index contributed by atoms with van der Waals surface area (Å²) in [5, 5.41) is 3.61. The highest BCUT2D eigenvalue weighted by molar-refractivity contribution is 6.30. The van der Waals surface area contributed by atoms with Crippen LogP contribution in [-0.4, -0.2) is 11.9 Å². The molecule has 3 heteroatoms. The van der Waals surface area contributed by atoms with Crippen LogP contribution in [0.4, 0.5) is 0 Å². The van der Waals surface area contributed by atoms with Gasteiger partial charge in [0.05, 0.1) is 0 Å². The van der Waals surface area contributed by atoms with Gasteiger partial charge in [0, 0.05) is 17.1 Å². The molecule has 1 aromatic rings. The third-order valence-electron chi connectivity index (χ3n) is 2.41. The van der Waals surface area contributed by atoms with Crippen LogP contribution in [-0.2, 0) is 4.79 Å². The number of benzene rings is 1. The van der Waals surface area contributed by atoms with E-state index >= 15 is 0 Å². The summed E-state index contributed by atoms with van der Waals surface area (Å²) < 4.78 is 0. The zero-order valence-electron chi connectivity index (χ0n) is 10.2. The molecule has 1 N–H and O–H groups in total. The maximum Gasteiger partial charge on any atom is 0.244 e. The van der Waals surface area contributed by atoms with Crippen molar-refractivity contribution in [3.05, 3.63) is 40.9 Å². The predicted octanol–water partition coefficient (Wildman–Crippen LogP) is 3.66. The number of rotatable bonds is 5. The van der Waals surface area contributed by atoms with E-state index in [2.05, 4.69) is 12.2 Å². The Morgan fingerprint density at radius 3 is 2.65 bits per heavy atom. The van der Waals surface area contributed by atoms with Crippen LogP contribution in [0.5, 0.6) is 0 Å². The molecule has 0 aromatic heterocycles. The van der Waals surface area contributed by atoms with Gasteiger partial charge in [-0.1, -0.05) is 37.1 Å². The molecule has 0 fully saturated rings. The van der Waals surface area contributed by atoms with Crippen LogP contribution in [0.2, 0.25) is 5.02 Å². The summed E-state index contributed by atoms with van der Waals surface area (Å²) in [5.41, 5.74) is 0.965. The van der Waals surface area contributed by atoms with E-state index in [-0.39, 0.29) is 11.9 Å². The molecule has 17 heavy (non-hydrogen) atoms. The summed E-state index contributed by atoms with van der Waals surface area (Å²) in [7, 11) is 0. The first-order valence-electron chi connectivity index (χ1n) is 5.86. The summed E-state index contributed by atoms with van der Waals surface area (Å²) in [5.74, 6) is -0.0547. The molecular weight excluding hydrogens is 234 g/mol. The molecule has 2 nitrogen and oxygen atoms in total. The lowest BCUT2D eigenvalue weighted by atomic mass is 10.2. The maximum absolute atomic E-state index is 11.5. The zero-order chi connectivity index (χ0) is 12.7. The Labute approximate surface area is 108 Å². The highest BCUT2D eigenvalue weighted by Gasteiger charge is 2.02. The SMILES string of the molecule is CCC[C@H](C)NC(=O)/C=C/c1ccc(Cl)cc1. The van der Waals surface area contributed by atoms with Crippen LogP contribution < -0.4 is 5.32 Å². The van der Waals surface area contributed by atoms with Gasteiger partial charge in [0.25, 0.3) is 0 Å². The number of nitrogens with one attached hydrogen (secondary N) is 1. The van der Waals surface area contributed by atoms with Crippen LogP contribution in [0.15, 0.2) is 30.3 Å². The Balaban J connectivity index is 2.47. The lowest BCUT2D eigenvalue weighted by Crippen LogP contribution is -2.30. The van der Waals surface area contributed by atoms with Crippen molar-refractivity contribution in [1.29, 1.82) is 0 Å². The van der Waals surface area contributed by atoms with Crippen molar-refractivity contribution in [3.8, 4) is 0 Å². The Hall–Kier alpha value is -1.28. The first-order chi connectivity index (χ1) is 8.11. The van der Waals surface area contributed by atoms with Crippen molar-refractivity contribution in [1.82, 2.24) is 5.32 Å². The second-order valence-corrected chi connectivity index (χ2v) is 4.52.